The average Bonchev–Trinajstić information content (AvgIpc) is 3.26. The number of nitrogens with zero attached hydrogens (tertiary/aromatic N) is 6. The van der Waals surface area contributed by atoms with E-state index in [1.54, 1.807) is 0 Å². The Morgan fingerprint density at radius 2 is 2.09 bits per heavy atom. The fourth-order valence-corrected chi connectivity index (χ4v) is 4.77. The average molecular weight is 448 g/mol. The first kappa shape index (κ1) is 21.5. The van der Waals surface area contributed by atoms with Gasteiger partial charge in [0.2, 0.25) is 5.91 Å². The highest BCUT2D eigenvalue weighted by Gasteiger charge is 2.28. The van der Waals surface area contributed by atoms with E-state index in [0.29, 0.717) is 18.0 Å². The molecule has 172 valence electrons. The Morgan fingerprint density at radius 3 is 2.91 bits per heavy atom. The molecule has 2 aliphatic rings. The Kier molecular flexibility index (Phi) is 6.06. The summed E-state index contributed by atoms with van der Waals surface area (Å²) in [5, 5.41) is 5.75. The van der Waals surface area contributed by atoms with E-state index in [1.165, 1.54) is 18.0 Å². The number of carbonyl (C=O) groups excluding carboxylic acids is 1. The van der Waals surface area contributed by atoms with Crippen molar-refractivity contribution >= 4 is 22.8 Å². The van der Waals surface area contributed by atoms with Gasteiger partial charge in [0.1, 0.15) is 17.8 Å². The number of anilines is 1. The van der Waals surface area contributed by atoms with Crippen molar-refractivity contribution in [2.24, 2.45) is 0 Å². The molecule has 1 unspecified atom stereocenters. The Hall–Kier alpha value is -3.30. The Bertz CT molecular complexity index is 1170. The maximum absolute atomic E-state index is 12.2. The summed E-state index contributed by atoms with van der Waals surface area (Å²) in [4.78, 5) is 25.2. The predicted molar refractivity (Wildman–Crippen MR) is 126 cm³/mol. The van der Waals surface area contributed by atoms with Crippen LogP contribution < -0.4 is 5.73 Å². The first-order valence-corrected chi connectivity index (χ1v) is 11.4. The third-order valence-electron chi connectivity index (χ3n) is 6.46. The zero-order valence-electron chi connectivity index (χ0n) is 18.7. The van der Waals surface area contributed by atoms with Crippen LogP contribution in [-0.2, 0) is 16.1 Å². The van der Waals surface area contributed by atoms with Crippen LogP contribution in [0.5, 0.6) is 0 Å². The second-order valence-corrected chi connectivity index (χ2v) is 8.62. The molecule has 9 nitrogen and oxygen atoms in total. The number of piperidine rings is 1. The maximum atomic E-state index is 12.2. The molecular weight excluding hydrogens is 418 g/mol. The van der Waals surface area contributed by atoms with Crippen LogP contribution in [0.1, 0.15) is 24.4 Å². The van der Waals surface area contributed by atoms with Crippen molar-refractivity contribution < 1.29 is 9.53 Å². The minimum atomic E-state index is -0.0543. The van der Waals surface area contributed by atoms with Gasteiger partial charge in [-0.05, 0) is 30.5 Å². The number of benzene rings is 1. The van der Waals surface area contributed by atoms with E-state index in [-0.39, 0.29) is 11.9 Å². The van der Waals surface area contributed by atoms with E-state index >= 15 is 0 Å². The molecule has 0 aliphatic carbocycles. The summed E-state index contributed by atoms with van der Waals surface area (Å²) in [5.41, 5.74) is 10.00. The van der Waals surface area contributed by atoms with Crippen LogP contribution >= 0.6 is 0 Å². The molecule has 0 bridgehead atoms. The number of hydrogen-bond acceptors (Lipinski definition) is 7. The quantitative estimate of drug-likeness (QED) is 0.599. The van der Waals surface area contributed by atoms with Crippen molar-refractivity contribution in [3.8, 4) is 11.3 Å². The molecule has 1 atom stereocenters. The third kappa shape index (κ3) is 4.34. The molecule has 3 aromatic rings. The smallest absolute Gasteiger partial charge is 0.246 e. The van der Waals surface area contributed by atoms with E-state index < -0.39 is 0 Å². The number of carbonyl (C=O) groups is 1. The van der Waals surface area contributed by atoms with Gasteiger partial charge in [-0.2, -0.15) is 5.10 Å². The summed E-state index contributed by atoms with van der Waals surface area (Å²) < 4.78 is 7.40. The summed E-state index contributed by atoms with van der Waals surface area (Å²) in [5.74, 6) is 0.357. The Balaban J connectivity index is 1.51. The van der Waals surface area contributed by atoms with Crippen molar-refractivity contribution in [3.05, 3.63) is 48.8 Å². The monoisotopic (exact) mass is 447 g/mol. The largest absolute Gasteiger partial charge is 0.383 e. The molecule has 2 fully saturated rings. The van der Waals surface area contributed by atoms with Crippen LogP contribution in [-0.4, -0.2) is 74.8 Å². The van der Waals surface area contributed by atoms with E-state index in [9.17, 15) is 4.79 Å². The zero-order chi connectivity index (χ0) is 22.8. The molecule has 33 heavy (non-hydrogen) atoms. The number of nitrogen functional groups attached to an aromatic ring is 1. The van der Waals surface area contributed by atoms with E-state index in [4.69, 9.17) is 15.6 Å². The van der Waals surface area contributed by atoms with E-state index in [2.05, 4.69) is 45.7 Å². The highest BCUT2D eigenvalue weighted by molar-refractivity contribution is 5.98. The molecule has 1 aromatic carbocycles. The number of aromatic nitrogens is 4. The summed E-state index contributed by atoms with van der Waals surface area (Å²) in [6.45, 7) is 9.21. The van der Waals surface area contributed by atoms with Crippen molar-refractivity contribution in [1.82, 2.24) is 29.5 Å². The van der Waals surface area contributed by atoms with Crippen molar-refractivity contribution in [2.75, 3.05) is 45.1 Å². The number of rotatable bonds is 5. The summed E-state index contributed by atoms with van der Waals surface area (Å²) in [6, 6.07) is 8.43. The molecule has 2 N–H and O–H groups in total. The molecule has 2 aromatic heterocycles. The van der Waals surface area contributed by atoms with Crippen LogP contribution in [0.4, 0.5) is 5.82 Å². The van der Waals surface area contributed by atoms with Crippen molar-refractivity contribution in [2.45, 2.75) is 25.4 Å². The topological polar surface area (TPSA) is 102 Å². The van der Waals surface area contributed by atoms with Gasteiger partial charge in [0.05, 0.1) is 24.6 Å². The van der Waals surface area contributed by atoms with Gasteiger partial charge in [-0.1, -0.05) is 24.8 Å². The number of amides is 1. The second kappa shape index (κ2) is 9.29. The Morgan fingerprint density at radius 1 is 1.24 bits per heavy atom. The van der Waals surface area contributed by atoms with Gasteiger partial charge in [-0.15, -0.1) is 0 Å². The van der Waals surface area contributed by atoms with Gasteiger partial charge in [-0.3, -0.25) is 9.69 Å². The lowest BCUT2D eigenvalue weighted by atomic mass is 10.1. The summed E-state index contributed by atoms with van der Waals surface area (Å²) in [6.07, 6.45) is 4.66. The molecule has 2 saturated heterocycles. The van der Waals surface area contributed by atoms with Gasteiger partial charge in [-0.25, -0.2) is 14.6 Å². The minimum absolute atomic E-state index is 0.0183. The highest BCUT2D eigenvalue weighted by Crippen LogP contribution is 2.34. The molecule has 1 amide bonds. The fraction of sp³-hybridized carbons (Fsp3) is 0.417. The van der Waals surface area contributed by atoms with E-state index in [0.717, 1.165) is 68.9 Å². The van der Waals surface area contributed by atoms with Gasteiger partial charge in [0.15, 0.2) is 5.65 Å². The number of likely N-dealkylation sites (tertiary alicyclic amines) is 1. The number of ether oxygens (including phenoxy) is 1. The molecule has 0 saturated carbocycles. The van der Waals surface area contributed by atoms with E-state index in [1.807, 2.05) is 9.58 Å². The second-order valence-electron chi connectivity index (χ2n) is 8.62. The van der Waals surface area contributed by atoms with Gasteiger partial charge in [0.25, 0.3) is 0 Å². The first-order chi connectivity index (χ1) is 16.1. The lowest BCUT2D eigenvalue weighted by Crippen LogP contribution is -2.40. The van der Waals surface area contributed by atoms with Crippen LogP contribution in [0.25, 0.3) is 22.3 Å². The lowest BCUT2D eigenvalue weighted by Gasteiger charge is -2.32. The highest BCUT2D eigenvalue weighted by atomic mass is 16.5. The Labute approximate surface area is 192 Å². The third-order valence-corrected chi connectivity index (χ3v) is 6.46. The number of nitrogens with two attached hydrogens (primary N) is 1. The van der Waals surface area contributed by atoms with Gasteiger partial charge in [0, 0.05) is 38.3 Å². The van der Waals surface area contributed by atoms with Crippen LogP contribution in [0.2, 0.25) is 0 Å². The van der Waals surface area contributed by atoms with Gasteiger partial charge < -0.3 is 15.4 Å². The standard InChI is InChI=1S/C24H29N7O2/c1-2-20(32)30-8-4-7-19(15-30)31-24-21(23(25)26-16-27-24)22(28-31)18-6-3-5-17(13-18)14-29-9-11-33-12-10-29/h2-3,5-6,13,16,19H,1,4,7-12,14-15H2,(H2,25,26,27). The van der Waals surface area contributed by atoms with Crippen LogP contribution in [0.3, 0.4) is 0 Å². The number of hydrogen-bond donors (Lipinski definition) is 1. The zero-order valence-corrected chi connectivity index (χ0v) is 18.7. The molecular formula is C24H29N7O2. The molecule has 4 heterocycles. The molecule has 9 heteroatoms. The first-order valence-electron chi connectivity index (χ1n) is 11.4. The molecule has 0 spiro atoms. The number of fused-ring (bicyclic) bond motifs is 1. The van der Waals surface area contributed by atoms with Crippen LogP contribution in [0, 0.1) is 0 Å². The molecule has 2 aliphatic heterocycles. The number of morpholine rings is 1. The normalized spacial score (nSPS) is 19.6. The summed E-state index contributed by atoms with van der Waals surface area (Å²) in [7, 11) is 0. The molecule has 0 radical (unpaired) electrons. The van der Waals surface area contributed by atoms with Crippen LogP contribution in [0.15, 0.2) is 43.2 Å². The lowest BCUT2D eigenvalue weighted by molar-refractivity contribution is -0.127. The van der Waals surface area contributed by atoms with Gasteiger partial charge >= 0.3 is 0 Å². The van der Waals surface area contributed by atoms with Crippen molar-refractivity contribution in [1.29, 1.82) is 0 Å². The summed E-state index contributed by atoms with van der Waals surface area (Å²) >= 11 is 0. The van der Waals surface area contributed by atoms with Crippen molar-refractivity contribution in [3.63, 3.8) is 0 Å². The fourth-order valence-electron chi connectivity index (χ4n) is 4.77. The predicted octanol–water partition coefficient (Wildman–Crippen LogP) is 2.26. The SMILES string of the molecule is C=CC(=O)N1CCCC(n2nc(-c3cccc(CN4CCOCC4)c3)c3c(N)ncnc32)C1. The molecule has 5 rings (SSSR count). The maximum Gasteiger partial charge on any atom is 0.246 e. The minimum Gasteiger partial charge on any atom is -0.383 e.